The number of alkyl halides is 1. The van der Waals surface area contributed by atoms with E-state index in [2.05, 4.69) is 21.9 Å². The van der Waals surface area contributed by atoms with Crippen LogP contribution in [-0.4, -0.2) is 70.6 Å². The summed E-state index contributed by atoms with van der Waals surface area (Å²) in [7, 11) is 0. The highest BCUT2D eigenvalue weighted by Gasteiger charge is 2.49. The van der Waals surface area contributed by atoms with E-state index in [4.69, 9.17) is 25.2 Å². The van der Waals surface area contributed by atoms with Gasteiger partial charge in [-0.25, -0.2) is 4.39 Å². The summed E-state index contributed by atoms with van der Waals surface area (Å²) in [5.41, 5.74) is 10.7. The topological polar surface area (TPSA) is 97.0 Å². The first kappa shape index (κ1) is 25.5. The van der Waals surface area contributed by atoms with Crippen molar-refractivity contribution in [1.29, 1.82) is 0 Å². The highest BCUT2D eigenvalue weighted by atomic mass is 19.1. The van der Waals surface area contributed by atoms with Crippen LogP contribution in [0.15, 0.2) is 18.2 Å². The Morgan fingerprint density at radius 3 is 2.97 bits per heavy atom. The maximum absolute atomic E-state index is 14.4. The molecular weight excluding hydrogens is 497 g/mol. The van der Waals surface area contributed by atoms with Crippen molar-refractivity contribution in [2.24, 2.45) is 0 Å². The molecule has 1 aromatic carbocycles. The summed E-state index contributed by atoms with van der Waals surface area (Å²) in [5.74, 6) is 0.859. The third-order valence-electron chi connectivity index (χ3n) is 9.88. The Balaban J connectivity index is 1.24. The van der Waals surface area contributed by atoms with Gasteiger partial charge in [-0.2, -0.15) is 9.97 Å². The summed E-state index contributed by atoms with van der Waals surface area (Å²) < 4.78 is 27.5. The van der Waals surface area contributed by atoms with Crippen LogP contribution in [0.1, 0.15) is 73.8 Å². The molecule has 3 fully saturated rings. The number of aliphatic hydroxyl groups excluding tert-OH is 1. The molecule has 1 aromatic heterocycles. The van der Waals surface area contributed by atoms with Crippen LogP contribution in [0.3, 0.4) is 0 Å². The van der Waals surface area contributed by atoms with E-state index in [1.54, 1.807) is 0 Å². The number of anilines is 2. The van der Waals surface area contributed by atoms with Crippen LogP contribution in [0.25, 0.3) is 0 Å². The number of aryl methyl sites for hydroxylation is 1. The molecule has 210 valence electrons. The summed E-state index contributed by atoms with van der Waals surface area (Å²) in [6.07, 6.45) is 7.53. The lowest BCUT2D eigenvalue weighted by Gasteiger charge is -2.43. The quantitative estimate of drug-likeness (QED) is 0.571. The molecule has 4 atom stereocenters. The van der Waals surface area contributed by atoms with Gasteiger partial charge in [0.15, 0.2) is 0 Å². The molecule has 5 aliphatic rings. The van der Waals surface area contributed by atoms with Crippen molar-refractivity contribution < 1.29 is 19.0 Å². The molecule has 2 aromatic rings. The van der Waals surface area contributed by atoms with Gasteiger partial charge in [0.05, 0.1) is 29.5 Å². The third kappa shape index (κ3) is 4.56. The fraction of sp³-hybridized carbons (Fsp3) is 0.667. The standard InChI is InChI=1S/C30H40FN5O3/c31-21-15-29(9-3-12-36(29)17-21)19-38-28-33-26-16-30(10-1-4-20-6-7-22(32)14-25(20)30)39-18-24(26)27(34-28)35-11-2-5-23(37)8-13-35/h6-7,14,21,23,37H,1-5,8-13,15-19,32H2. The van der Waals surface area contributed by atoms with Crippen molar-refractivity contribution in [2.45, 2.75) is 94.2 Å². The molecule has 5 heterocycles. The number of benzene rings is 1. The minimum Gasteiger partial charge on any atom is -0.461 e. The first-order chi connectivity index (χ1) is 18.9. The summed E-state index contributed by atoms with van der Waals surface area (Å²) in [6.45, 7) is 3.82. The molecule has 0 amide bonds. The Morgan fingerprint density at radius 1 is 1.13 bits per heavy atom. The number of nitrogens with two attached hydrogens (primary N) is 1. The Morgan fingerprint density at radius 2 is 2.05 bits per heavy atom. The van der Waals surface area contributed by atoms with Gasteiger partial charge in [0, 0.05) is 43.7 Å². The van der Waals surface area contributed by atoms with E-state index < -0.39 is 11.8 Å². The number of fused-ring (bicyclic) bond motifs is 4. The minimum atomic E-state index is -0.798. The second-order valence-corrected chi connectivity index (χ2v) is 12.4. The zero-order chi connectivity index (χ0) is 26.6. The van der Waals surface area contributed by atoms with Gasteiger partial charge in [-0.15, -0.1) is 0 Å². The fourth-order valence-corrected chi connectivity index (χ4v) is 7.85. The average molecular weight is 538 g/mol. The van der Waals surface area contributed by atoms with Crippen molar-refractivity contribution in [3.05, 3.63) is 40.6 Å². The molecule has 3 N–H and O–H groups in total. The molecule has 7 rings (SSSR count). The SMILES string of the molecule is Nc1ccc2c(c1)C1(CCC2)Cc2nc(OCC34CCCN3CC(F)C4)nc(N3CCCC(O)CC3)c2CO1. The average Bonchev–Trinajstić information content (AvgIpc) is 3.35. The van der Waals surface area contributed by atoms with Crippen LogP contribution in [0.2, 0.25) is 0 Å². The normalized spacial score (nSPS) is 32.5. The number of hydrogen-bond acceptors (Lipinski definition) is 8. The van der Waals surface area contributed by atoms with Crippen LogP contribution in [0.4, 0.5) is 15.9 Å². The molecule has 4 unspecified atom stereocenters. The van der Waals surface area contributed by atoms with E-state index in [9.17, 15) is 9.50 Å². The highest BCUT2D eigenvalue weighted by Crippen LogP contribution is 2.47. The monoisotopic (exact) mass is 537 g/mol. The van der Waals surface area contributed by atoms with E-state index in [-0.39, 0.29) is 11.6 Å². The number of halogens is 1. The van der Waals surface area contributed by atoms with Crippen molar-refractivity contribution in [1.82, 2.24) is 14.9 Å². The molecule has 9 heteroatoms. The molecule has 8 nitrogen and oxygen atoms in total. The maximum Gasteiger partial charge on any atom is 0.318 e. The first-order valence-electron chi connectivity index (χ1n) is 14.8. The molecule has 0 bridgehead atoms. The zero-order valence-corrected chi connectivity index (χ0v) is 22.7. The van der Waals surface area contributed by atoms with Gasteiger partial charge in [-0.05, 0) is 81.2 Å². The molecule has 4 aliphatic heterocycles. The van der Waals surface area contributed by atoms with Gasteiger partial charge in [0.25, 0.3) is 0 Å². The first-order valence-corrected chi connectivity index (χ1v) is 14.8. The Labute approximate surface area is 229 Å². The minimum absolute atomic E-state index is 0.254. The van der Waals surface area contributed by atoms with Crippen LogP contribution in [0, 0.1) is 0 Å². The smallest absolute Gasteiger partial charge is 0.318 e. The maximum atomic E-state index is 14.4. The predicted octanol–water partition coefficient (Wildman–Crippen LogP) is 3.67. The van der Waals surface area contributed by atoms with Crippen molar-refractivity contribution >= 4 is 11.5 Å². The fourth-order valence-electron chi connectivity index (χ4n) is 7.85. The Kier molecular flexibility index (Phi) is 6.44. The van der Waals surface area contributed by atoms with Crippen molar-refractivity contribution in [3.8, 4) is 6.01 Å². The lowest BCUT2D eigenvalue weighted by Crippen LogP contribution is -2.44. The molecule has 3 saturated heterocycles. The number of hydrogen-bond donors (Lipinski definition) is 2. The van der Waals surface area contributed by atoms with Gasteiger partial charge in [-0.3, -0.25) is 4.90 Å². The van der Waals surface area contributed by atoms with Gasteiger partial charge in [0.2, 0.25) is 0 Å². The van der Waals surface area contributed by atoms with E-state index >= 15 is 0 Å². The molecule has 0 radical (unpaired) electrons. The largest absolute Gasteiger partial charge is 0.461 e. The number of nitrogen functional groups attached to an aromatic ring is 1. The van der Waals surface area contributed by atoms with E-state index in [1.165, 1.54) is 11.1 Å². The van der Waals surface area contributed by atoms with E-state index in [0.29, 0.717) is 45.0 Å². The lowest BCUT2D eigenvalue weighted by atomic mass is 9.74. The van der Waals surface area contributed by atoms with Crippen LogP contribution < -0.4 is 15.4 Å². The van der Waals surface area contributed by atoms with Crippen LogP contribution >= 0.6 is 0 Å². The van der Waals surface area contributed by atoms with Gasteiger partial charge in [0.1, 0.15) is 18.6 Å². The molecule has 1 aliphatic carbocycles. The van der Waals surface area contributed by atoms with Crippen LogP contribution in [0.5, 0.6) is 6.01 Å². The van der Waals surface area contributed by atoms with Gasteiger partial charge < -0.3 is 25.2 Å². The van der Waals surface area contributed by atoms with Gasteiger partial charge >= 0.3 is 6.01 Å². The molecule has 1 spiro atoms. The predicted molar refractivity (Wildman–Crippen MR) is 147 cm³/mol. The highest BCUT2D eigenvalue weighted by molar-refractivity contribution is 5.54. The van der Waals surface area contributed by atoms with Crippen molar-refractivity contribution in [2.75, 3.05) is 43.4 Å². The molecule has 39 heavy (non-hydrogen) atoms. The van der Waals surface area contributed by atoms with Crippen LogP contribution in [-0.2, 0) is 29.8 Å². The van der Waals surface area contributed by atoms with E-state index in [1.807, 2.05) is 6.07 Å². The summed E-state index contributed by atoms with van der Waals surface area (Å²) in [5, 5.41) is 10.3. The number of nitrogens with zero attached hydrogens (tertiary/aromatic N) is 4. The third-order valence-corrected chi connectivity index (χ3v) is 9.88. The summed E-state index contributed by atoms with van der Waals surface area (Å²) >= 11 is 0. The summed E-state index contributed by atoms with van der Waals surface area (Å²) in [6, 6.07) is 6.57. The number of aliphatic hydroxyl groups is 1. The number of rotatable bonds is 4. The van der Waals surface area contributed by atoms with E-state index in [0.717, 1.165) is 87.3 Å². The molecular formula is C30H40FN5O3. The Bertz CT molecular complexity index is 1250. The van der Waals surface area contributed by atoms with Gasteiger partial charge in [-0.1, -0.05) is 6.07 Å². The second-order valence-electron chi connectivity index (χ2n) is 12.4. The van der Waals surface area contributed by atoms with Crippen molar-refractivity contribution in [3.63, 3.8) is 0 Å². The summed E-state index contributed by atoms with van der Waals surface area (Å²) in [4.78, 5) is 14.5. The zero-order valence-electron chi connectivity index (χ0n) is 22.7. The number of ether oxygens (including phenoxy) is 2. The molecule has 0 saturated carbocycles. The number of aromatic nitrogens is 2. The Hall–Kier alpha value is -2.49. The lowest BCUT2D eigenvalue weighted by molar-refractivity contribution is -0.0855. The second kappa shape index (κ2) is 9.85.